The van der Waals surface area contributed by atoms with Gasteiger partial charge < -0.3 is 20.1 Å². The summed E-state index contributed by atoms with van der Waals surface area (Å²) in [5.41, 5.74) is 5.38. The number of alkyl carbamates (subject to hydrolysis) is 1. The van der Waals surface area contributed by atoms with Crippen LogP contribution in [0.3, 0.4) is 0 Å². The Bertz CT molecular complexity index is 1230. The second kappa shape index (κ2) is 12.4. The van der Waals surface area contributed by atoms with Crippen molar-refractivity contribution < 1.29 is 24.2 Å². The highest BCUT2D eigenvalue weighted by atomic mass is 16.5. The Morgan fingerprint density at radius 2 is 1.50 bits per heavy atom. The smallest absolute Gasteiger partial charge is 0.407 e. The van der Waals surface area contributed by atoms with Crippen LogP contribution in [0.5, 0.6) is 0 Å². The normalized spacial score (nSPS) is 13.6. The highest BCUT2D eigenvalue weighted by Crippen LogP contribution is 2.44. The van der Waals surface area contributed by atoms with E-state index in [-0.39, 0.29) is 43.9 Å². The van der Waals surface area contributed by atoms with Crippen molar-refractivity contribution in [2.75, 3.05) is 13.2 Å². The van der Waals surface area contributed by atoms with Gasteiger partial charge in [-0.3, -0.25) is 9.59 Å². The fourth-order valence-corrected chi connectivity index (χ4v) is 4.95. The van der Waals surface area contributed by atoms with Gasteiger partial charge in [0.05, 0.1) is 6.42 Å². The molecule has 0 saturated carbocycles. The van der Waals surface area contributed by atoms with Gasteiger partial charge in [-0.1, -0.05) is 99.1 Å². The molecule has 0 fully saturated rings. The molecule has 3 aromatic carbocycles. The number of carboxylic acids is 1. The van der Waals surface area contributed by atoms with E-state index in [0.717, 1.165) is 27.8 Å². The van der Waals surface area contributed by atoms with Gasteiger partial charge >= 0.3 is 12.1 Å². The number of aliphatic carboxylic acids is 1. The topological polar surface area (TPSA) is 95.9 Å². The van der Waals surface area contributed by atoms with Crippen LogP contribution in [0.25, 0.3) is 11.1 Å². The van der Waals surface area contributed by atoms with Gasteiger partial charge in [0.25, 0.3) is 0 Å². The molecule has 0 radical (unpaired) electrons. The van der Waals surface area contributed by atoms with Gasteiger partial charge in [-0.15, -0.1) is 0 Å². The van der Waals surface area contributed by atoms with Crippen LogP contribution in [-0.2, 0) is 20.9 Å². The summed E-state index contributed by atoms with van der Waals surface area (Å²) in [6.07, 6.45) is -0.196. The fraction of sp³-hybridized carbons (Fsp3) is 0.323. The Hall–Kier alpha value is -4.13. The number of rotatable bonds is 11. The summed E-state index contributed by atoms with van der Waals surface area (Å²) >= 11 is 0. The highest BCUT2D eigenvalue weighted by molar-refractivity contribution is 5.86. The SMILES string of the molecule is CCC(C)C(NC(=O)OCC1c2ccccc2-c2ccccc21)C(=O)N(CCC(=O)O)Cc1ccccc1. The highest BCUT2D eigenvalue weighted by Gasteiger charge is 2.32. The first-order valence-electron chi connectivity index (χ1n) is 13.0. The summed E-state index contributed by atoms with van der Waals surface area (Å²) in [6, 6.07) is 24.8. The number of nitrogens with zero attached hydrogens (tertiary/aromatic N) is 1. The van der Waals surface area contributed by atoms with Crippen molar-refractivity contribution in [2.24, 2.45) is 5.92 Å². The first-order valence-corrected chi connectivity index (χ1v) is 13.0. The van der Waals surface area contributed by atoms with Crippen molar-refractivity contribution in [3.8, 4) is 11.1 Å². The average Bonchev–Trinajstić information content (AvgIpc) is 3.26. The summed E-state index contributed by atoms with van der Waals surface area (Å²) in [5.74, 6) is -1.57. The summed E-state index contributed by atoms with van der Waals surface area (Å²) in [7, 11) is 0. The summed E-state index contributed by atoms with van der Waals surface area (Å²) < 4.78 is 5.70. The molecule has 2 unspecified atom stereocenters. The van der Waals surface area contributed by atoms with Gasteiger partial charge in [0.1, 0.15) is 12.6 Å². The Balaban J connectivity index is 1.47. The number of benzene rings is 3. The molecule has 0 aliphatic heterocycles. The van der Waals surface area contributed by atoms with Crippen molar-refractivity contribution in [3.63, 3.8) is 0 Å². The quantitative estimate of drug-likeness (QED) is 0.355. The molecule has 198 valence electrons. The Morgan fingerprint density at radius 3 is 2.08 bits per heavy atom. The third-order valence-corrected chi connectivity index (χ3v) is 7.22. The number of fused-ring (bicyclic) bond motifs is 3. The molecule has 0 heterocycles. The molecule has 2 amide bonds. The zero-order valence-electron chi connectivity index (χ0n) is 21.8. The van der Waals surface area contributed by atoms with Gasteiger partial charge in [-0.05, 0) is 33.7 Å². The van der Waals surface area contributed by atoms with Gasteiger partial charge in [0, 0.05) is 19.0 Å². The van der Waals surface area contributed by atoms with Gasteiger partial charge in [0.2, 0.25) is 5.91 Å². The van der Waals surface area contributed by atoms with Crippen molar-refractivity contribution in [2.45, 2.75) is 45.2 Å². The number of carboxylic acid groups (broad SMARTS) is 1. The largest absolute Gasteiger partial charge is 0.481 e. The molecule has 38 heavy (non-hydrogen) atoms. The van der Waals surface area contributed by atoms with Gasteiger partial charge in [-0.2, -0.15) is 0 Å². The summed E-state index contributed by atoms with van der Waals surface area (Å²) in [4.78, 5) is 39.4. The molecule has 0 saturated heterocycles. The molecule has 2 atom stereocenters. The number of amides is 2. The van der Waals surface area contributed by atoms with E-state index in [0.29, 0.717) is 6.42 Å². The zero-order valence-corrected chi connectivity index (χ0v) is 21.8. The predicted octanol–water partition coefficient (Wildman–Crippen LogP) is 5.44. The number of hydrogen-bond acceptors (Lipinski definition) is 4. The first-order chi connectivity index (χ1) is 18.4. The lowest BCUT2D eigenvalue weighted by Crippen LogP contribution is -2.52. The van der Waals surface area contributed by atoms with E-state index < -0.39 is 18.1 Å². The third-order valence-electron chi connectivity index (χ3n) is 7.22. The third kappa shape index (κ3) is 6.22. The molecule has 7 nitrogen and oxygen atoms in total. The van der Waals surface area contributed by atoms with Crippen molar-refractivity contribution in [3.05, 3.63) is 95.6 Å². The fourth-order valence-electron chi connectivity index (χ4n) is 4.95. The van der Waals surface area contributed by atoms with E-state index in [2.05, 4.69) is 29.6 Å². The number of ether oxygens (including phenoxy) is 1. The summed E-state index contributed by atoms with van der Waals surface area (Å²) in [5, 5.41) is 12.0. The lowest BCUT2D eigenvalue weighted by atomic mass is 9.97. The van der Waals surface area contributed by atoms with E-state index >= 15 is 0 Å². The second-order valence-electron chi connectivity index (χ2n) is 9.72. The molecule has 0 bridgehead atoms. The van der Waals surface area contributed by atoms with Crippen LogP contribution in [0.2, 0.25) is 0 Å². The Labute approximate surface area is 223 Å². The Morgan fingerprint density at radius 1 is 0.921 bits per heavy atom. The maximum atomic E-state index is 13.6. The van der Waals surface area contributed by atoms with E-state index in [1.54, 1.807) is 0 Å². The first kappa shape index (κ1) is 26.9. The number of carbonyl (C=O) groups excluding carboxylic acids is 2. The van der Waals surface area contributed by atoms with Crippen molar-refractivity contribution in [1.29, 1.82) is 0 Å². The number of nitrogens with one attached hydrogen (secondary N) is 1. The Kier molecular flexibility index (Phi) is 8.79. The number of hydrogen-bond donors (Lipinski definition) is 2. The molecule has 3 aromatic rings. The van der Waals surface area contributed by atoms with E-state index in [4.69, 9.17) is 4.74 Å². The second-order valence-corrected chi connectivity index (χ2v) is 9.72. The average molecular weight is 515 g/mol. The molecule has 2 N–H and O–H groups in total. The van der Waals surface area contributed by atoms with Crippen molar-refractivity contribution in [1.82, 2.24) is 10.2 Å². The van der Waals surface area contributed by atoms with E-state index in [9.17, 15) is 19.5 Å². The van der Waals surface area contributed by atoms with Crippen LogP contribution in [0.4, 0.5) is 4.79 Å². The molecular formula is C31H34N2O5. The van der Waals surface area contributed by atoms with Crippen LogP contribution >= 0.6 is 0 Å². The monoisotopic (exact) mass is 514 g/mol. The van der Waals surface area contributed by atoms with E-state index in [1.807, 2.05) is 68.4 Å². The molecule has 1 aliphatic rings. The maximum absolute atomic E-state index is 13.6. The predicted molar refractivity (Wildman–Crippen MR) is 146 cm³/mol. The molecule has 0 aromatic heterocycles. The maximum Gasteiger partial charge on any atom is 0.407 e. The van der Waals surface area contributed by atoms with Crippen LogP contribution in [-0.4, -0.2) is 47.2 Å². The minimum absolute atomic E-state index is 0.0440. The number of carbonyl (C=O) groups is 3. The van der Waals surface area contributed by atoms with E-state index in [1.165, 1.54) is 4.90 Å². The van der Waals surface area contributed by atoms with Crippen LogP contribution in [0, 0.1) is 5.92 Å². The van der Waals surface area contributed by atoms with Crippen LogP contribution in [0.1, 0.15) is 49.3 Å². The zero-order chi connectivity index (χ0) is 27.1. The van der Waals surface area contributed by atoms with Crippen molar-refractivity contribution >= 4 is 18.0 Å². The summed E-state index contributed by atoms with van der Waals surface area (Å²) in [6.45, 7) is 4.29. The lowest BCUT2D eigenvalue weighted by Gasteiger charge is -2.30. The molecular weight excluding hydrogens is 480 g/mol. The molecule has 7 heteroatoms. The standard InChI is InChI=1S/C31H34N2O5/c1-3-21(2)29(30(36)33(18-17-28(34)35)19-22-11-5-4-6-12-22)32-31(37)38-20-27-25-15-9-7-13-23(25)24-14-8-10-16-26(24)27/h4-16,21,27,29H,3,17-20H2,1-2H3,(H,32,37)(H,34,35). The van der Waals surface area contributed by atoms with Gasteiger partial charge in [-0.25, -0.2) is 4.79 Å². The minimum Gasteiger partial charge on any atom is -0.481 e. The molecule has 1 aliphatic carbocycles. The molecule has 4 rings (SSSR count). The lowest BCUT2D eigenvalue weighted by molar-refractivity contribution is -0.139. The molecule has 0 spiro atoms. The van der Waals surface area contributed by atoms with Gasteiger partial charge in [0.15, 0.2) is 0 Å². The van der Waals surface area contributed by atoms with Crippen LogP contribution < -0.4 is 5.32 Å². The minimum atomic E-state index is -0.986. The van der Waals surface area contributed by atoms with Crippen LogP contribution in [0.15, 0.2) is 78.9 Å².